The molecule has 1 unspecified atom stereocenters. The molecule has 4 aromatic rings. The molecule has 1 atom stereocenters. The van der Waals surface area contributed by atoms with E-state index >= 15 is 0 Å². The van der Waals surface area contributed by atoms with Crippen LogP contribution in [0.25, 0.3) is 10.9 Å². The number of amides is 2. The second kappa shape index (κ2) is 9.56. The Kier molecular flexibility index (Phi) is 6.42. The number of nitrogens with one attached hydrogen (secondary N) is 1. The highest BCUT2D eigenvalue weighted by molar-refractivity contribution is 7.93. The highest BCUT2D eigenvalue weighted by atomic mass is 32.2. The van der Waals surface area contributed by atoms with E-state index < -0.39 is 27.7 Å². The second-order valence-corrected chi connectivity index (χ2v) is 11.0. The number of hydrogen-bond donors (Lipinski definition) is 1. The summed E-state index contributed by atoms with van der Waals surface area (Å²) in [7, 11) is -3.82. The smallest absolute Gasteiger partial charge is 0.263 e. The van der Waals surface area contributed by atoms with Crippen molar-refractivity contribution in [1.29, 1.82) is 0 Å². The van der Waals surface area contributed by atoms with Gasteiger partial charge in [-0.15, -0.1) is 11.3 Å². The van der Waals surface area contributed by atoms with Crippen molar-refractivity contribution in [2.45, 2.75) is 17.9 Å². The van der Waals surface area contributed by atoms with Crippen molar-refractivity contribution >= 4 is 54.9 Å². The zero-order chi connectivity index (χ0) is 26.3. The summed E-state index contributed by atoms with van der Waals surface area (Å²) in [6, 6.07) is 8.86. The van der Waals surface area contributed by atoms with Crippen LogP contribution in [0.5, 0.6) is 0 Å². The molecule has 3 heterocycles. The number of carbonyl (C=O) groups is 2. The molecule has 1 saturated heterocycles. The van der Waals surface area contributed by atoms with Crippen LogP contribution in [0.15, 0.2) is 65.1 Å². The number of rotatable bonds is 6. The predicted octanol–water partition coefficient (Wildman–Crippen LogP) is 3.86. The molecular weight excluding hydrogens is 524 g/mol. The molecule has 2 aromatic carbocycles. The van der Waals surface area contributed by atoms with Crippen LogP contribution in [0.2, 0.25) is 0 Å². The van der Waals surface area contributed by atoms with Crippen LogP contribution in [0.3, 0.4) is 0 Å². The van der Waals surface area contributed by atoms with Crippen molar-refractivity contribution in [3.63, 3.8) is 0 Å². The first-order chi connectivity index (χ1) is 17.6. The fraction of sp³-hybridized carbons (Fsp3) is 0.208. The van der Waals surface area contributed by atoms with E-state index in [-0.39, 0.29) is 42.9 Å². The van der Waals surface area contributed by atoms with Gasteiger partial charge in [-0.2, -0.15) is 0 Å². The minimum Gasteiger partial charge on any atom is -0.335 e. The number of aromatic nitrogens is 2. The molecular formula is C24H23F2N5O4S2. The molecule has 5 rings (SSSR count). The van der Waals surface area contributed by atoms with Gasteiger partial charge in [-0.25, -0.2) is 22.2 Å². The van der Waals surface area contributed by atoms with Gasteiger partial charge in [0.05, 0.1) is 10.4 Å². The number of halogens is 2. The number of carbonyl (C=O) groups excluding carboxylic acids is 2. The summed E-state index contributed by atoms with van der Waals surface area (Å²) in [5.41, 5.74) is 0.886. The van der Waals surface area contributed by atoms with Crippen molar-refractivity contribution in [2.24, 2.45) is 0 Å². The summed E-state index contributed by atoms with van der Waals surface area (Å²) in [4.78, 5) is 32.9. The minimum absolute atomic E-state index is 0. The highest BCUT2D eigenvalue weighted by Crippen LogP contribution is 2.26. The second-order valence-electron chi connectivity index (χ2n) is 8.47. The Balaban J connectivity index is 0.00000336. The number of sulfonamides is 1. The van der Waals surface area contributed by atoms with Gasteiger partial charge in [-0.1, -0.05) is 0 Å². The van der Waals surface area contributed by atoms with Gasteiger partial charge >= 0.3 is 0 Å². The van der Waals surface area contributed by atoms with Crippen LogP contribution in [-0.4, -0.2) is 54.3 Å². The molecule has 0 radical (unpaired) electrons. The number of fused-ring (bicyclic) bond motifs is 1. The van der Waals surface area contributed by atoms with Crippen LogP contribution in [0, 0.1) is 11.6 Å². The van der Waals surface area contributed by atoms with Crippen LogP contribution in [0.4, 0.5) is 19.6 Å². The molecule has 9 nitrogen and oxygen atoms in total. The molecule has 13 heteroatoms. The van der Waals surface area contributed by atoms with Crippen molar-refractivity contribution < 1.29 is 28.2 Å². The van der Waals surface area contributed by atoms with Gasteiger partial charge in [-0.05, 0) is 43.3 Å². The Morgan fingerprint density at radius 1 is 1.14 bits per heavy atom. The van der Waals surface area contributed by atoms with Gasteiger partial charge in [0.15, 0.2) is 16.8 Å². The SMILES string of the molecule is CC(C(=O)N1CCN(c2ccc(S(=O)(=O)Nc3nccs3)cc2)C(=O)C1)n1ccc2cc(F)c(F)cc21.[HH]. The number of benzene rings is 2. The first-order valence-corrected chi connectivity index (χ1v) is 13.6. The van der Waals surface area contributed by atoms with Crippen LogP contribution in [-0.2, 0) is 19.6 Å². The van der Waals surface area contributed by atoms with E-state index in [4.69, 9.17) is 0 Å². The molecule has 1 N–H and O–H groups in total. The normalized spacial score (nSPS) is 15.3. The Labute approximate surface area is 216 Å². The predicted molar refractivity (Wildman–Crippen MR) is 137 cm³/mol. The minimum atomic E-state index is -3.82. The number of nitrogens with zero attached hydrogens (tertiary/aromatic N) is 4. The lowest BCUT2D eigenvalue weighted by molar-refractivity contribution is -0.139. The van der Waals surface area contributed by atoms with E-state index in [1.165, 1.54) is 40.3 Å². The lowest BCUT2D eigenvalue weighted by Gasteiger charge is -2.35. The third-order valence-corrected chi connectivity index (χ3v) is 8.35. The van der Waals surface area contributed by atoms with Crippen molar-refractivity contribution in [3.8, 4) is 0 Å². The van der Waals surface area contributed by atoms with Crippen molar-refractivity contribution in [2.75, 3.05) is 29.3 Å². The molecule has 1 aliphatic rings. The lowest BCUT2D eigenvalue weighted by atomic mass is 10.2. The van der Waals surface area contributed by atoms with Gasteiger partial charge in [0.1, 0.15) is 12.6 Å². The highest BCUT2D eigenvalue weighted by Gasteiger charge is 2.31. The molecule has 0 spiro atoms. The zero-order valence-corrected chi connectivity index (χ0v) is 21.1. The zero-order valence-electron chi connectivity index (χ0n) is 19.5. The molecule has 0 aliphatic carbocycles. The largest absolute Gasteiger partial charge is 0.335 e. The number of thiazole rings is 1. The molecule has 1 aliphatic heterocycles. The van der Waals surface area contributed by atoms with E-state index in [2.05, 4.69) is 9.71 Å². The van der Waals surface area contributed by atoms with E-state index in [9.17, 15) is 26.8 Å². The van der Waals surface area contributed by atoms with Gasteiger partial charge < -0.3 is 14.4 Å². The summed E-state index contributed by atoms with van der Waals surface area (Å²) >= 11 is 1.16. The Morgan fingerprint density at radius 2 is 1.86 bits per heavy atom. The summed E-state index contributed by atoms with van der Waals surface area (Å²) in [5, 5.41) is 2.37. The molecule has 0 bridgehead atoms. The third kappa shape index (κ3) is 4.79. The first kappa shape index (κ1) is 24.8. The third-order valence-electron chi connectivity index (χ3n) is 6.18. The Morgan fingerprint density at radius 3 is 2.54 bits per heavy atom. The van der Waals surface area contributed by atoms with E-state index in [0.717, 1.165) is 23.5 Å². The molecule has 2 aromatic heterocycles. The number of piperazine rings is 1. The van der Waals surface area contributed by atoms with Gasteiger partial charge in [0, 0.05) is 49.4 Å². The fourth-order valence-electron chi connectivity index (χ4n) is 4.26. The van der Waals surface area contributed by atoms with Crippen LogP contribution >= 0.6 is 11.3 Å². The van der Waals surface area contributed by atoms with Crippen LogP contribution in [0.1, 0.15) is 14.4 Å². The maximum Gasteiger partial charge on any atom is 0.263 e. The molecule has 0 saturated carbocycles. The average Bonchev–Trinajstić information content (AvgIpc) is 3.53. The van der Waals surface area contributed by atoms with E-state index in [1.54, 1.807) is 29.1 Å². The maximum atomic E-state index is 13.8. The lowest BCUT2D eigenvalue weighted by Crippen LogP contribution is -2.53. The van der Waals surface area contributed by atoms with Gasteiger partial charge in [0.25, 0.3) is 10.0 Å². The standard InChI is InChI=1S/C24H21F2N5O4S2.H2/c1-15(30-8-6-16-12-19(25)20(26)13-21(16)30)23(33)29-9-10-31(22(32)14-29)17-2-4-18(5-3-17)37(34,35)28-24-27-7-11-36-24;/h2-8,11-13,15H,9-10,14H2,1H3,(H,27,28);1H. The van der Waals surface area contributed by atoms with Crippen molar-refractivity contribution in [3.05, 3.63) is 71.9 Å². The average molecular weight is 548 g/mol. The summed E-state index contributed by atoms with van der Waals surface area (Å²) in [6.07, 6.45) is 3.08. The molecule has 194 valence electrons. The molecule has 37 heavy (non-hydrogen) atoms. The summed E-state index contributed by atoms with van der Waals surface area (Å²) < 4.78 is 56.3. The van der Waals surface area contributed by atoms with E-state index in [1.807, 2.05) is 0 Å². The molecule has 1 fully saturated rings. The number of anilines is 2. The Bertz CT molecular complexity index is 1590. The molecule has 2 amide bonds. The van der Waals surface area contributed by atoms with Gasteiger partial charge in [0.2, 0.25) is 11.8 Å². The van der Waals surface area contributed by atoms with E-state index in [0.29, 0.717) is 16.6 Å². The quantitative estimate of drug-likeness (QED) is 0.395. The fourth-order valence-corrected chi connectivity index (χ4v) is 6.05. The topological polar surface area (TPSA) is 105 Å². The van der Waals surface area contributed by atoms with Crippen molar-refractivity contribution in [1.82, 2.24) is 14.5 Å². The Hall–Kier alpha value is -3.84. The summed E-state index contributed by atoms with van der Waals surface area (Å²) in [5.74, 6) is -2.63. The van der Waals surface area contributed by atoms with Crippen LogP contribution < -0.4 is 9.62 Å². The maximum absolute atomic E-state index is 13.8. The number of hydrogen-bond acceptors (Lipinski definition) is 6. The first-order valence-electron chi connectivity index (χ1n) is 11.2. The summed E-state index contributed by atoms with van der Waals surface area (Å²) in [6.45, 7) is 1.94. The van der Waals surface area contributed by atoms with Gasteiger partial charge in [-0.3, -0.25) is 14.3 Å². The monoisotopic (exact) mass is 547 g/mol.